The molecule has 0 unspecified atom stereocenters. The predicted molar refractivity (Wildman–Crippen MR) is 111 cm³/mol. The molecule has 0 saturated carbocycles. The van der Waals surface area contributed by atoms with Crippen molar-refractivity contribution in [1.82, 2.24) is 0 Å². The van der Waals surface area contributed by atoms with Gasteiger partial charge in [-0.25, -0.2) is 4.79 Å². The highest BCUT2D eigenvalue weighted by Gasteiger charge is 2.27. The van der Waals surface area contributed by atoms with Gasteiger partial charge in [-0.15, -0.1) is 0 Å². The Kier molecular flexibility index (Phi) is 5.27. The molecule has 0 saturated heterocycles. The highest BCUT2D eigenvalue weighted by molar-refractivity contribution is 6.30. The van der Waals surface area contributed by atoms with Crippen LogP contribution in [-0.2, 0) is 0 Å². The molecule has 3 aromatic carbocycles. The maximum atomic E-state index is 12.5. The lowest BCUT2D eigenvalue weighted by atomic mass is 10.1. The van der Waals surface area contributed by atoms with Gasteiger partial charge >= 0.3 is 5.97 Å². The Morgan fingerprint density at radius 2 is 1.72 bits per heavy atom. The number of rotatable bonds is 4. The molecule has 29 heavy (non-hydrogen) atoms. The second-order valence-corrected chi connectivity index (χ2v) is 6.72. The first-order chi connectivity index (χ1) is 14.1. The Morgan fingerprint density at radius 3 is 2.48 bits per heavy atom. The number of allylic oxidation sites excluding steroid dienone is 3. The number of halogens is 1. The Hall–Kier alpha value is -3.63. The average Bonchev–Trinajstić information content (AvgIpc) is 3.04. The largest absolute Gasteiger partial charge is 0.452 e. The van der Waals surface area contributed by atoms with Gasteiger partial charge in [0.15, 0.2) is 5.76 Å². The van der Waals surface area contributed by atoms with Crippen LogP contribution in [0.1, 0.15) is 26.3 Å². The van der Waals surface area contributed by atoms with Crippen molar-refractivity contribution in [3.63, 3.8) is 0 Å². The van der Waals surface area contributed by atoms with Crippen LogP contribution >= 0.6 is 11.6 Å². The first-order valence-electron chi connectivity index (χ1n) is 8.88. The monoisotopic (exact) mass is 402 g/mol. The van der Waals surface area contributed by atoms with Gasteiger partial charge in [0, 0.05) is 11.1 Å². The van der Waals surface area contributed by atoms with E-state index in [1.165, 1.54) is 6.07 Å². The number of carbonyl (C=O) groups is 2. The van der Waals surface area contributed by atoms with Crippen molar-refractivity contribution in [2.45, 2.75) is 0 Å². The Morgan fingerprint density at radius 1 is 0.966 bits per heavy atom. The zero-order valence-corrected chi connectivity index (χ0v) is 15.9. The van der Waals surface area contributed by atoms with Crippen molar-refractivity contribution >= 4 is 29.4 Å². The summed E-state index contributed by atoms with van der Waals surface area (Å²) >= 11 is 5.83. The third-order valence-corrected chi connectivity index (χ3v) is 4.52. The molecule has 142 valence electrons. The Labute approximate surface area is 172 Å². The highest BCUT2D eigenvalue weighted by atomic mass is 35.5. The fourth-order valence-corrected chi connectivity index (χ4v) is 2.93. The third-order valence-electron chi connectivity index (χ3n) is 4.27. The van der Waals surface area contributed by atoms with E-state index >= 15 is 0 Å². The molecule has 0 N–H and O–H groups in total. The number of Topliss-reactive ketones (excluding diaryl/α,β-unsaturated/α-hetero) is 1. The molecule has 1 aliphatic rings. The average molecular weight is 403 g/mol. The van der Waals surface area contributed by atoms with E-state index in [0.717, 1.165) is 5.56 Å². The van der Waals surface area contributed by atoms with Gasteiger partial charge < -0.3 is 9.47 Å². The minimum atomic E-state index is -0.521. The molecule has 3 aromatic rings. The van der Waals surface area contributed by atoms with E-state index in [4.69, 9.17) is 21.1 Å². The van der Waals surface area contributed by atoms with E-state index in [-0.39, 0.29) is 17.3 Å². The van der Waals surface area contributed by atoms with Gasteiger partial charge in [-0.1, -0.05) is 54.1 Å². The highest BCUT2D eigenvalue weighted by Crippen LogP contribution is 2.34. The molecule has 5 heteroatoms. The number of esters is 1. The maximum Gasteiger partial charge on any atom is 0.343 e. The van der Waals surface area contributed by atoms with Crippen LogP contribution in [0.2, 0.25) is 5.02 Å². The lowest BCUT2D eigenvalue weighted by Crippen LogP contribution is -2.08. The van der Waals surface area contributed by atoms with Crippen LogP contribution in [-0.4, -0.2) is 11.8 Å². The molecule has 0 aromatic heterocycles. The molecule has 0 spiro atoms. The number of fused-ring (bicyclic) bond motifs is 1. The Bertz CT molecular complexity index is 1130. The van der Waals surface area contributed by atoms with Crippen molar-refractivity contribution in [3.05, 3.63) is 112 Å². The van der Waals surface area contributed by atoms with Gasteiger partial charge in [-0.05, 0) is 48.0 Å². The Balaban J connectivity index is 1.48. The van der Waals surface area contributed by atoms with E-state index in [0.29, 0.717) is 21.9 Å². The smallest absolute Gasteiger partial charge is 0.343 e. The van der Waals surface area contributed by atoms with Crippen LogP contribution in [0, 0.1) is 0 Å². The molecular formula is C24H15ClO4. The second kappa shape index (κ2) is 8.17. The topological polar surface area (TPSA) is 52.6 Å². The molecule has 0 radical (unpaired) electrons. The van der Waals surface area contributed by atoms with Gasteiger partial charge in [0.25, 0.3) is 0 Å². The number of hydrogen-bond donors (Lipinski definition) is 0. The van der Waals surface area contributed by atoms with Gasteiger partial charge in [0.05, 0.1) is 11.1 Å². The number of carbonyl (C=O) groups excluding carboxylic acids is 2. The minimum Gasteiger partial charge on any atom is -0.452 e. The van der Waals surface area contributed by atoms with Crippen LogP contribution < -0.4 is 9.47 Å². The molecule has 0 aliphatic carbocycles. The summed E-state index contributed by atoms with van der Waals surface area (Å²) in [4.78, 5) is 24.7. The molecule has 4 nitrogen and oxygen atoms in total. The number of ether oxygens (including phenoxy) is 2. The standard InChI is InChI=1S/C24H15ClO4/c25-18-11-9-17(10-12-18)24(27)28-19-13-14-20-22(15-19)29-21(23(20)26)8-4-7-16-5-2-1-3-6-16/h1-15H/b7-4+,21-8-. The molecule has 0 fully saturated rings. The summed E-state index contributed by atoms with van der Waals surface area (Å²) < 4.78 is 11.0. The fourth-order valence-electron chi connectivity index (χ4n) is 2.81. The van der Waals surface area contributed by atoms with Crippen molar-refractivity contribution < 1.29 is 19.1 Å². The lowest BCUT2D eigenvalue weighted by Gasteiger charge is -2.05. The fraction of sp³-hybridized carbons (Fsp3) is 0. The summed E-state index contributed by atoms with van der Waals surface area (Å²) in [6, 6.07) is 20.8. The quantitative estimate of drug-likeness (QED) is 0.317. The van der Waals surface area contributed by atoms with Crippen molar-refractivity contribution in [2.24, 2.45) is 0 Å². The molecule has 0 amide bonds. The first-order valence-corrected chi connectivity index (χ1v) is 9.26. The molecular weight excluding hydrogens is 388 g/mol. The van der Waals surface area contributed by atoms with E-state index in [1.807, 2.05) is 36.4 Å². The van der Waals surface area contributed by atoms with Crippen molar-refractivity contribution in [3.8, 4) is 11.5 Å². The lowest BCUT2D eigenvalue weighted by molar-refractivity contribution is 0.0734. The SMILES string of the molecule is O=C(Oc1ccc2c(c1)O/C(=C\C=C\c1ccccc1)C2=O)c1ccc(Cl)cc1. The summed E-state index contributed by atoms with van der Waals surface area (Å²) in [5, 5.41) is 0.534. The minimum absolute atomic E-state index is 0.215. The number of ketones is 1. The normalized spacial score (nSPS) is 14.1. The summed E-state index contributed by atoms with van der Waals surface area (Å²) in [6.45, 7) is 0. The van der Waals surface area contributed by atoms with Crippen LogP contribution in [0.25, 0.3) is 6.08 Å². The number of hydrogen-bond acceptors (Lipinski definition) is 4. The third kappa shape index (κ3) is 4.28. The van der Waals surface area contributed by atoms with Gasteiger partial charge in [-0.2, -0.15) is 0 Å². The summed E-state index contributed by atoms with van der Waals surface area (Å²) in [6.07, 6.45) is 5.26. The van der Waals surface area contributed by atoms with E-state index in [9.17, 15) is 9.59 Å². The van der Waals surface area contributed by atoms with E-state index in [2.05, 4.69) is 0 Å². The van der Waals surface area contributed by atoms with Crippen molar-refractivity contribution in [2.75, 3.05) is 0 Å². The predicted octanol–water partition coefficient (Wildman–Crippen LogP) is 5.73. The second-order valence-electron chi connectivity index (χ2n) is 6.29. The zero-order valence-electron chi connectivity index (χ0n) is 15.2. The van der Waals surface area contributed by atoms with Crippen LogP contribution in [0.15, 0.2) is 90.7 Å². The van der Waals surface area contributed by atoms with E-state index in [1.54, 1.807) is 48.6 Å². The molecule has 0 bridgehead atoms. The van der Waals surface area contributed by atoms with Gasteiger partial charge in [0.1, 0.15) is 11.5 Å². The van der Waals surface area contributed by atoms with Crippen LogP contribution in [0.3, 0.4) is 0 Å². The van der Waals surface area contributed by atoms with Crippen LogP contribution in [0.5, 0.6) is 11.5 Å². The summed E-state index contributed by atoms with van der Waals surface area (Å²) in [5.41, 5.74) is 1.82. The molecule has 0 atom stereocenters. The molecule has 1 heterocycles. The van der Waals surface area contributed by atoms with Crippen LogP contribution in [0.4, 0.5) is 0 Å². The zero-order chi connectivity index (χ0) is 20.2. The van der Waals surface area contributed by atoms with Gasteiger partial charge in [0.2, 0.25) is 5.78 Å². The maximum absolute atomic E-state index is 12.5. The molecule has 1 aliphatic heterocycles. The summed E-state index contributed by atoms with van der Waals surface area (Å²) in [5.74, 6) is 0.127. The first kappa shape index (κ1) is 18.7. The number of benzene rings is 3. The van der Waals surface area contributed by atoms with Gasteiger partial charge in [-0.3, -0.25) is 4.79 Å². The van der Waals surface area contributed by atoms with Crippen molar-refractivity contribution in [1.29, 1.82) is 0 Å². The van der Waals surface area contributed by atoms with E-state index < -0.39 is 5.97 Å². The molecule has 4 rings (SSSR count). The summed E-state index contributed by atoms with van der Waals surface area (Å²) in [7, 11) is 0.